The van der Waals surface area contributed by atoms with Crippen LogP contribution in [0.25, 0.3) is 11.1 Å². The zero-order valence-electron chi connectivity index (χ0n) is 10.2. The number of nitrogens with zero attached hydrogens (tertiary/aromatic N) is 2. The van der Waals surface area contributed by atoms with Crippen LogP contribution in [0.5, 0.6) is 0 Å². The number of hydrogen-bond donors (Lipinski definition) is 1. The van der Waals surface area contributed by atoms with Crippen molar-refractivity contribution in [2.45, 2.75) is 0 Å². The van der Waals surface area contributed by atoms with E-state index in [9.17, 15) is 4.79 Å². The minimum Gasteiger partial charge on any atom is -0.406 e. The lowest BCUT2D eigenvalue weighted by molar-refractivity contribution is 0.313. The molecule has 1 N–H and O–H groups in total. The van der Waals surface area contributed by atoms with E-state index in [4.69, 9.17) is 4.42 Å². The summed E-state index contributed by atoms with van der Waals surface area (Å²) in [5, 5.41) is 0. The zero-order valence-corrected chi connectivity index (χ0v) is 11.0. The van der Waals surface area contributed by atoms with Crippen molar-refractivity contribution in [2.75, 3.05) is 38.1 Å². The summed E-state index contributed by atoms with van der Waals surface area (Å²) >= 11 is 0. The zero-order chi connectivity index (χ0) is 11.8. The summed E-state index contributed by atoms with van der Waals surface area (Å²) in [4.78, 5) is 18.5. The highest BCUT2D eigenvalue weighted by atomic mass is 35.5. The van der Waals surface area contributed by atoms with Gasteiger partial charge in [0.05, 0.1) is 11.2 Å². The second kappa shape index (κ2) is 5.04. The number of hydrogen-bond acceptors (Lipinski definition) is 4. The minimum atomic E-state index is -0.387. The second-order valence-electron chi connectivity index (χ2n) is 4.46. The quantitative estimate of drug-likeness (QED) is 0.848. The molecule has 0 bridgehead atoms. The van der Waals surface area contributed by atoms with Crippen LogP contribution >= 0.6 is 12.4 Å². The number of piperazine rings is 1. The fraction of sp³-hybridized carbons (Fsp3) is 0.417. The van der Waals surface area contributed by atoms with Crippen molar-refractivity contribution in [1.29, 1.82) is 0 Å². The number of anilines is 1. The van der Waals surface area contributed by atoms with Gasteiger partial charge in [-0.1, -0.05) is 6.07 Å². The smallest absolute Gasteiger partial charge is 0.406 e. The van der Waals surface area contributed by atoms with Gasteiger partial charge in [-0.15, -0.1) is 12.4 Å². The summed E-state index contributed by atoms with van der Waals surface area (Å²) in [7, 11) is 2.12. The molecule has 0 saturated carbocycles. The molecular weight excluding hydrogens is 254 g/mol. The monoisotopic (exact) mass is 269 g/mol. The highest BCUT2D eigenvalue weighted by molar-refractivity contribution is 5.86. The highest BCUT2D eigenvalue weighted by Crippen LogP contribution is 2.25. The number of fused-ring (bicyclic) bond motifs is 1. The van der Waals surface area contributed by atoms with E-state index >= 15 is 0 Å². The Bertz CT molecular complexity index is 584. The van der Waals surface area contributed by atoms with Gasteiger partial charge in [-0.05, 0) is 19.2 Å². The van der Waals surface area contributed by atoms with Crippen LogP contribution in [-0.4, -0.2) is 43.1 Å². The van der Waals surface area contributed by atoms with Gasteiger partial charge in [-0.2, -0.15) is 0 Å². The van der Waals surface area contributed by atoms with E-state index in [1.807, 2.05) is 18.2 Å². The van der Waals surface area contributed by atoms with Gasteiger partial charge in [0.25, 0.3) is 0 Å². The standard InChI is InChI=1S/C12H15N3O2.ClH/c1-14-5-7-15(8-6-14)10-4-2-3-9-11(10)17-12(16)13-9;/h2-4H,5-8H2,1H3,(H,13,16);1H. The molecule has 1 aromatic carbocycles. The molecular formula is C12H16ClN3O2. The second-order valence-corrected chi connectivity index (χ2v) is 4.46. The summed E-state index contributed by atoms with van der Waals surface area (Å²) < 4.78 is 5.21. The third kappa shape index (κ3) is 2.23. The molecule has 2 aromatic rings. The Morgan fingerprint density at radius 2 is 1.94 bits per heavy atom. The Kier molecular flexibility index (Phi) is 3.63. The van der Waals surface area contributed by atoms with Crippen LogP contribution in [0.3, 0.4) is 0 Å². The summed E-state index contributed by atoms with van der Waals surface area (Å²) in [6.45, 7) is 3.99. The molecule has 98 valence electrons. The van der Waals surface area contributed by atoms with Gasteiger partial charge in [0, 0.05) is 26.2 Å². The van der Waals surface area contributed by atoms with E-state index < -0.39 is 0 Å². The molecule has 1 aromatic heterocycles. The molecule has 0 atom stereocenters. The molecule has 3 rings (SSSR count). The Hall–Kier alpha value is -1.46. The van der Waals surface area contributed by atoms with Crippen LogP contribution in [0, 0.1) is 0 Å². The van der Waals surface area contributed by atoms with Crippen LogP contribution in [0.15, 0.2) is 27.4 Å². The molecule has 0 unspecified atom stereocenters. The Morgan fingerprint density at radius 1 is 1.22 bits per heavy atom. The van der Waals surface area contributed by atoms with Crippen LogP contribution in [-0.2, 0) is 0 Å². The van der Waals surface area contributed by atoms with Crippen molar-refractivity contribution >= 4 is 29.2 Å². The number of oxazole rings is 1. The molecule has 0 aliphatic carbocycles. The van der Waals surface area contributed by atoms with Crippen molar-refractivity contribution in [1.82, 2.24) is 9.88 Å². The Labute approximate surface area is 111 Å². The van der Waals surface area contributed by atoms with Crippen LogP contribution in [0.1, 0.15) is 0 Å². The fourth-order valence-electron chi connectivity index (χ4n) is 2.26. The normalized spacial score (nSPS) is 16.8. The van der Waals surface area contributed by atoms with Crippen molar-refractivity contribution in [3.63, 3.8) is 0 Å². The molecule has 1 aliphatic heterocycles. The topological polar surface area (TPSA) is 52.5 Å². The lowest BCUT2D eigenvalue weighted by atomic mass is 10.2. The molecule has 1 aliphatic rings. The van der Waals surface area contributed by atoms with E-state index in [1.54, 1.807) is 0 Å². The molecule has 18 heavy (non-hydrogen) atoms. The van der Waals surface area contributed by atoms with Gasteiger partial charge in [0.15, 0.2) is 5.58 Å². The fourth-order valence-corrected chi connectivity index (χ4v) is 2.26. The molecule has 0 spiro atoms. The van der Waals surface area contributed by atoms with Gasteiger partial charge >= 0.3 is 5.76 Å². The van der Waals surface area contributed by atoms with Gasteiger partial charge in [-0.3, -0.25) is 4.98 Å². The number of rotatable bonds is 1. The number of aromatic amines is 1. The van der Waals surface area contributed by atoms with Gasteiger partial charge < -0.3 is 14.2 Å². The molecule has 2 heterocycles. The first-order valence-corrected chi connectivity index (χ1v) is 5.79. The maximum absolute atomic E-state index is 11.2. The molecule has 5 nitrogen and oxygen atoms in total. The molecule has 0 radical (unpaired) electrons. The minimum absolute atomic E-state index is 0. The lowest BCUT2D eigenvalue weighted by Crippen LogP contribution is -2.44. The van der Waals surface area contributed by atoms with Crippen LogP contribution < -0.4 is 10.7 Å². The van der Waals surface area contributed by atoms with E-state index in [0.717, 1.165) is 37.4 Å². The predicted octanol–water partition coefficient (Wildman–Crippen LogP) is 1.29. The van der Waals surface area contributed by atoms with E-state index in [1.165, 1.54) is 0 Å². The van der Waals surface area contributed by atoms with E-state index in [-0.39, 0.29) is 18.2 Å². The summed E-state index contributed by atoms with van der Waals surface area (Å²) in [5.41, 5.74) is 2.45. The number of likely N-dealkylation sites (N-methyl/N-ethyl adjacent to an activating group) is 1. The maximum Gasteiger partial charge on any atom is 0.417 e. The number of H-pyrrole nitrogens is 1. The Morgan fingerprint density at radius 3 is 2.67 bits per heavy atom. The van der Waals surface area contributed by atoms with E-state index in [2.05, 4.69) is 21.8 Å². The number of benzene rings is 1. The van der Waals surface area contributed by atoms with Crippen molar-refractivity contribution in [2.24, 2.45) is 0 Å². The lowest BCUT2D eigenvalue weighted by Gasteiger charge is -2.33. The SMILES string of the molecule is CN1CCN(c2cccc3[nH]c(=O)oc23)CC1.Cl. The first-order chi connectivity index (χ1) is 8.24. The average molecular weight is 270 g/mol. The van der Waals surface area contributed by atoms with Gasteiger partial charge in [-0.25, -0.2) is 4.79 Å². The number of nitrogens with one attached hydrogen (secondary N) is 1. The first kappa shape index (κ1) is 13.0. The van der Waals surface area contributed by atoms with Gasteiger partial charge in [0.2, 0.25) is 0 Å². The summed E-state index contributed by atoms with van der Waals surface area (Å²) in [5.74, 6) is -0.387. The third-order valence-corrected chi connectivity index (χ3v) is 3.27. The first-order valence-electron chi connectivity index (χ1n) is 5.79. The molecule has 6 heteroatoms. The summed E-state index contributed by atoms with van der Waals surface area (Å²) in [6, 6.07) is 5.81. The molecule has 1 fully saturated rings. The van der Waals surface area contributed by atoms with Crippen LogP contribution in [0.2, 0.25) is 0 Å². The van der Waals surface area contributed by atoms with Gasteiger partial charge in [0.1, 0.15) is 0 Å². The average Bonchev–Trinajstić information content (AvgIpc) is 2.70. The van der Waals surface area contributed by atoms with E-state index in [0.29, 0.717) is 5.58 Å². The van der Waals surface area contributed by atoms with Crippen LogP contribution in [0.4, 0.5) is 5.69 Å². The maximum atomic E-state index is 11.2. The third-order valence-electron chi connectivity index (χ3n) is 3.27. The van der Waals surface area contributed by atoms with Crippen molar-refractivity contribution in [3.8, 4) is 0 Å². The van der Waals surface area contributed by atoms with Crippen molar-refractivity contribution in [3.05, 3.63) is 28.7 Å². The predicted molar refractivity (Wildman–Crippen MR) is 73.8 cm³/mol. The molecule has 1 saturated heterocycles. The summed E-state index contributed by atoms with van der Waals surface area (Å²) in [6.07, 6.45) is 0. The molecule has 0 amide bonds. The number of para-hydroxylation sites is 1. The van der Waals surface area contributed by atoms with Crippen molar-refractivity contribution < 1.29 is 4.42 Å². The Balaban J connectivity index is 0.00000120. The number of aromatic nitrogens is 1. The largest absolute Gasteiger partial charge is 0.417 e. The number of halogens is 1. The highest BCUT2D eigenvalue weighted by Gasteiger charge is 2.18.